The van der Waals surface area contributed by atoms with Gasteiger partial charge in [-0.3, -0.25) is 9.59 Å². The van der Waals surface area contributed by atoms with E-state index in [0.29, 0.717) is 19.6 Å². The van der Waals surface area contributed by atoms with E-state index in [1.165, 1.54) is 29.1 Å². The molecule has 0 unspecified atom stereocenters. The Morgan fingerprint density at radius 3 is 2.21 bits per heavy atom. The van der Waals surface area contributed by atoms with E-state index in [1.807, 2.05) is 4.90 Å². The third-order valence-corrected chi connectivity index (χ3v) is 6.38. The number of quaternary nitrogens is 3. The highest BCUT2D eigenvalue weighted by Gasteiger charge is 2.49. The summed E-state index contributed by atoms with van der Waals surface area (Å²) in [5, 5.41) is 2.32. The van der Waals surface area contributed by atoms with E-state index in [-0.39, 0.29) is 11.8 Å². The third kappa shape index (κ3) is 3.73. The summed E-state index contributed by atoms with van der Waals surface area (Å²) in [5.74, 6) is 0.0855. The van der Waals surface area contributed by atoms with Gasteiger partial charge in [-0.05, 0) is 19.3 Å². The fourth-order valence-corrected chi connectivity index (χ4v) is 4.75. The first kappa shape index (κ1) is 17.6. The predicted molar refractivity (Wildman–Crippen MR) is 89.5 cm³/mol. The van der Waals surface area contributed by atoms with Crippen LogP contribution < -0.4 is 20.9 Å². The van der Waals surface area contributed by atoms with Crippen LogP contribution in [0.1, 0.15) is 32.1 Å². The van der Waals surface area contributed by atoms with Gasteiger partial charge < -0.3 is 25.8 Å². The predicted octanol–water partition coefficient (Wildman–Crippen LogP) is -4.64. The van der Waals surface area contributed by atoms with Gasteiger partial charge in [0.2, 0.25) is 0 Å². The zero-order valence-electron chi connectivity index (χ0n) is 14.8. The highest BCUT2D eigenvalue weighted by Crippen LogP contribution is 2.20. The van der Waals surface area contributed by atoms with Gasteiger partial charge in [0.05, 0.1) is 13.1 Å². The average Bonchev–Trinajstić information content (AvgIpc) is 2.63. The van der Waals surface area contributed by atoms with Crippen molar-refractivity contribution in [2.45, 2.75) is 37.6 Å². The first-order valence-corrected chi connectivity index (χ1v) is 9.70. The molecule has 0 spiro atoms. The summed E-state index contributed by atoms with van der Waals surface area (Å²) < 4.78 is 0. The van der Waals surface area contributed by atoms with E-state index in [9.17, 15) is 9.59 Å². The molecule has 3 saturated heterocycles. The second kappa shape index (κ2) is 7.80. The van der Waals surface area contributed by atoms with Crippen molar-refractivity contribution in [2.24, 2.45) is 5.73 Å². The molecule has 7 nitrogen and oxygen atoms in total. The van der Waals surface area contributed by atoms with E-state index in [2.05, 4.69) is 5.32 Å². The molecule has 24 heavy (non-hydrogen) atoms. The molecule has 3 rings (SSSR count). The Hall–Kier alpha value is -1.18. The minimum absolute atomic E-state index is 0.163. The molecule has 0 aromatic carbocycles. The zero-order chi connectivity index (χ0) is 17.0. The van der Waals surface area contributed by atoms with Crippen LogP contribution in [-0.4, -0.2) is 81.2 Å². The Labute approximate surface area is 144 Å². The summed E-state index contributed by atoms with van der Waals surface area (Å²) in [6.45, 7) is 8.45. The molecule has 3 aliphatic rings. The van der Waals surface area contributed by atoms with Crippen LogP contribution in [0.5, 0.6) is 0 Å². The molecule has 6 N–H and O–H groups in total. The largest absolute Gasteiger partial charge is 0.364 e. The quantitative estimate of drug-likeness (QED) is 0.415. The summed E-state index contributed by atoms with van der Waals surface area (Å²) in [5.41, 5.74) is 5.39. The second-order valence-corrected chi connectivity index (χ2v) is 7.78. The van der Waals surface area contributed by atoms with Gasteiger partial charge in [0.1, 0.15) is 26.2 Å². The standard InChI is InChI=1S/C17H31N5O2/c18-16(24)17(22-8-2-1-3-9-22)4-10-21(11-5-17)15(23)14-20-12-6-19-7-13-20/h19H,1-14H2,(H2,18,24)/p+3. The molecule has 7 heteroatoms. The lowest BCUT2D eigenvalue weighted by Crippen LogP contribution is -3.23. The molecule has 0 aliphatic carbocycles. The molecule has 2 amide bonds. The van der Waals surface area contributed by atoms with E-state index in [0.717, 1.165) is 52.1 Å². The molecule has 0 aromatic heterocycles. The van der Waals surface area contributed by atoms with Crippen LogP contribution in [0.4, 0.5) is 0 Å². The Kier molecular flexibility index (Phi) is 5.73. The molecule has 3 aliphatic heterocycles. The van der Waals surface area contributed by atoms with Gasteiger partial charge >= 0.3 is 0 Å². The number of carbonyl (C=O) groups excluding carboxylic acids is 2. The number of nitrogens with two attached hydrogens (primary N) is 2. The molecule has 0 saturated carbocycles. The van der Waals surface area contributed by atoms with Crippen LogP contribution in [0, 0.1) is 0 Å². The summed E-state index contributed by atoms with van der Waals surface area (Å²) in [6, 6.07) is 0. The van der Waals surface area contributed by atoms with Gasteiger partial charge in [-0.25, -0.2) is 0 Å². The van der Waals surface area contributed by atoms with Crippen molar-refractivity contribution in [3.05, 3.63) is 0 Å². The van der Waals surface area contributed by atoms with Crippen LogP contribution in [0.15, 0.2) is 0 Å². The first-order chi connectivity index (χ1) is 11.6. The molecule has 0 bridgehead atoms. The van der Waals surface area contributed by atoms with Crippen LogP contribution >= 0.6 is 0 Å². The lowest BCUT2D eigenvalue weighted by atomic mass is 9.83. The van der Waals surface area contributed by atoms with Gasteiger partial charge in [-0.15, -0.1) is 0 Å². The number of carbonyl (C=O) groups is 2. The Balaban J connectivity index is 1.56. The fraction of sp³-hybridized carbons (Fsp3) is 0.882. The number of likely N-dealkylation sites (tertiary alicyclic amines) is 2. The molecule has 136 valence electrons. The third-order valence-electron chi connectivity index (χ3n) is 6.38. The van der Waals surface area contributed by atoms with Crippen LogP contribution in [0.2, 0.25) is 0 Å². The highest BCUT2D eigenvalue weighted by molar-refractivity contribution is 5.84. The van der Waals surface area contributed by atoms with Crippen molar-refractivity contribution in [1.29, 1.82) is 0 Å². The normalized spacial score (nSPS) is 26.2. The summed E-state index contributed by atoms with van der Waals surface area (Å²) in [4.78, 5) is 29.6. The van der Waals surface area contributed by atoms with Crippen molar-refractivity contribution >= 4 is 11.8 Å². The maximum absolute atomic E-state index is 12.6. The first-order valence-electron chi connectivity index (χ1n) is 9.70. The second-order valence-electron chi connectivity index (χ2n) is 7.78. The van der Waals surface area contributed by atoms with Crippen LogP contribution in [-0.2, 0) is 9.59 Å². The smallest absolute Gasteiger partial charge is 0.278 e. The Morgan fingerprint density at radius 2 is 1.62 bits per heavy atom. The van der Waals surface area contributed by atoms with Crippen molar-refractivity contribution in [3.63, 3.8) is 0 Å². The molecule has 3 fully saturated rings. The van der Waals surface area contributed by atoms with Gasteiger partial charge in [0.15, 0.2) is 12.1 Å². The fourth-order valence-electron chi connectivity index (χ4n) is 4.75. The van der Waals surface area contributed by atoms with Gasteiger partial charge in [-0.1, -0.05) is 0 Å². The van der Waals surface area contributed by atoms with E-state index in [1.54, 1.807) is 0 Å². The zero-order valence-corrected chi connectivity index (χ0v) is 14.8. The topological polar surface area (TPSA) is 88.9 Å². The molecular formula is C17H34N5O2+3. The van der Waals surface area contributed by atoms with Crippen LogP contribution in [0.25, 0.3) is 0 Å². The minimum Gasteiger partial charge on any atom is -0.364 e. The molecule has 0 radical (unpaired) electrons. The number of amides is 2. The van der Waals surface area contributed by atoms with Crippen molar-refractivity contribution < 1.29 is 24.7 Å². The van der Waals surface area contributed by atoms with Gasteiger partial charge in [0.25, 0.3) is 11.8 Å². The van der Waals surface area contributed by atoms with E-state index < -0.39 is 5.54 Å². The number of primary amides is 1. The number of nitrogens with zero attached hydrogens (tertiary/aromatic N) is 1. The maximum Gasteiger partial charge on any atom is 0.278 e. The number of hydrogen-bond donors (Lipinski definition) is 4. The monoisotopic (exact) mass is 340 g/mol. The van der Waals surface area contributed by atoms with Crippen molar-refractivity contribution in [3.8, 4) is 0 Å². The highest BCUT2D eigenvalue weighted by atomic mass is 16.2. The van der Waals surface area contributed by atoms with E-state index in [4.69, 9.17) is 5.73 Å². The van der Waals surface area contributed by atoms with Gasteiger partial charge in [0, 0.05) is 25.9 Å². The lowest BCUT2D eigenvalue weighted by Gasteiger charge is -2.45. The number of rotatable bonds is 4. The summed E-state index contributed by atoms with van der Waals surface area (Å²) in [7, 11) is 0. The number of piperidine rings is 2. The SMILES string of the molecule is NC(=O)C1([NH+]2CCCCC2)CCN(C(=O)C[NH+]2CC[NH2+]CC2)CC1. The van der Waals surface area contributed by atoms with Crippen molar-refractivity contribution in [2.75, 3.05) is 58.9 Å². The Bertz CT molecular complexity index is 450. The summed E-state index contributed by atoms with van der Waals surface area (Å²) in [6.07, 6.45) is 5.09. The lowest BCUT2D eigenvalue weighted by molar-refractivity contribution is -0.948. The molecule has 0 aromatic rings. The van der Waals surface area contributed by atoms with E-state index >= 15 is 0 Å². The Morgan fingerprint density at radius 1 is 1.00 bits per heavy atom. The molecule has 0 atom stereocenters. The maximum atomic E-state index is 12.6. The van der Waals surface area contributed by atoms with Gasteiger partial charge in [-0.2, -0.15) is 0 Å². The van der Waals surface area contributed by atoms with Crippen LogP contribution in [0.3, 0.4) is 0 Å². The molecule has 3 heterocycles. The van der Waals surface area contributed by atoms with Crippen molar-refractivity contribution in [1.82, 2.24) is 4.90 Å². The summed E-state index contributed by atoms with van der Waals surface area (Å²) >= 11 is 0. The number of nitrogens with one attached hydrogen (secondary N) is 2. The number of hydrogen-bond acceptors (Lipinski definition) is 2. The average molecular weight is 340 g/mol. The molecular weight excluding hydrogens is 306 g/mol. The number of piperazine rings is 1. The minimum atomic E-state index is -0.440.